The van der Waals surface area contributed by atoms with E-state index in [0.717, 1.165) is 21.8 Å². The lowest BCUT2D eigenvalue weighted by molar-refractivity contribution is -0.120. The summed E-state index contributed by atoms with van der Waals surface area (Å²) in [6.07, 6.45) is 2.65. The number of benzene rings is 1. The molecule has 1 aliphatic carbocycles. The molecule has 1 aromatic rings. The number of halogens is 2. The molecule has 1 amide bonds. The van der Waals surface area contributed by atoms with Crippen LogP contribution in [0, 0.1) is 0 Å². The molecule has 0 aromatic heterocycles. The van der Waals surface area contributed by atoms with E-state index in [2.05, 4.69) is 37.2 Å². The van der Waals surface area contributed by atoms with E-state index in [-0.39, 0.29) is 11.9 Å². The molecule has 1 aliphatic rings. The standard InChI is InChI=1S/C13H13Br2NO2/c14-8-1-6-11(12(15)7-8)13(18)16-9-2-4-10(17)5-3-9/h1,6-7,9H,2-5H2,(H,16,18). The predicted molar refractivity (Wildman–Crippen MR) is 76.6 cm³/mol. The second-order valence-corrected chi connectivity index (χ2v) is 6.18. The average molecular weight is 375 g/mol. The first-order valence-electron chi connectivity index (χ1n) is 5.84. The number of hydrogen-bond donors (Lipinski definition) is 1. The van der Waals surface area contributed by atoms with Crippen LogP contribution in [-0.4, -0.2) is 17.7 Å². The van der Waals surface area contributed by atoms with Crippen LogP contribution in [0.4, 0.5) is 0 Å². The van der Waals surface area contributed by atoms with Crippen molar-refractivity contribution in [3.05, 3.63) is 32.7 Å². The molecule has 0 spiro atoms. The average Bonchev–Trinajstić information content (AvgIpc) is 2.32. The zero-order chi connectivity index (χ0) is 13.1. The van der Waals surface area contributed by atoms with Gasteiger partial charge in [0.05, 0.1) is 5.56 Å². The molecule has 0 bridgehead atoms. The van der Waals surface area contributed by atoms with Crippen LogP contribution < -0.4 is 5.32 Å². The number of rotatable bonds is 2. The number of ketones is 1. The van der Waals surface area contributed by atoms with E-state index >= 15 is 0 Å². The number of amides is 1. The highest BCUT2D eigenvalue weighted by Crippen LogP contribution is 2.23. The van der Waals surface area contributed by atoms with Crippen LogP contribution in [0.15, 0.2) is 27.1 Å². The van der Waals surface area contributed by atoms with Crippen LogP contribution in [0.1, 0.15) is 36.0 Å². The second kappa shape index (κ2) is 5.97. The van der Waals surface area contributed by atoms with E-state index in [1.54, 1.807) is 6.07 Å². The molecule has 0 saturated heterocycles. The molecular weight excluding hydrogens is 362 g/mol. The van der Waals surface area contributed by atoms with Crippen molar-refractivity contribution in [2.24, 2.45) is 0 Å². The van der Waals surface area contributed by atoms with Gasteiger partial charge in [-0.1, -0.05) is 15.9 Å². The van der Waals surface area contributed by atoms with E-state index < -0.39 is 0 Å². The number of hydrogen-bond acceptors (Lipinski definition) is 2. The van der Waals surface area contributed by atoms with Crippen molar-refractivity contribution in [3.8, 4) is 0 Å². The van der Waals surface area contributed by atoms with Crippen LogP contribution in [0.3, 0.4) is 0 Å². The molecule has 1 aromatic carbocycles. The van der Waals surface area contributed by atoms with E-state index in [1.165, 1.54) is 0 Å². The van der Waals surface area contributed by atoms with E-state index in [9.17, 15) is 9.59 Å². The highest BCUT2D eigenvalue weighted by molar-refractivity contribution is 9.11. The molecule has 0 atom stereocenters. The normalized spacial score (nSPS) is 16.7. The van der Waals surface area contributed by atoms with Crippen molar-refractivity contribution >= 4 is 43.6 Å². The van der Waals surface area contributed by atoms with Crippen LogP contribution >= 0.6 is 31.9 Å². The Kier molecular flexibility index (Phi) is 4.56. The van der Waals surface area contributed by atoms with Gasteiger partial charge >= 0.3 is 0 Å². The molecule has 1 N–H and O–H groups in total. The topological polar surface area (TPSA) is 46.2 Å². The van der Waals surface area contributed by atoms with Gasteiger partial charge in [0.15, 0.2) is 0 Å². The Balaban J connectivity index is 2.01. The lowest BCUT2D eigenvalue weighted by atomic mass is 9.94. The summed E-state index contributed by atoms with van der Waals surface area (Å²) in [4.78, 5) is 23.2. The molecule has 2 rings (SSSR count). The fourth-order valence-corrected chi connectivity index (χ4v) is 3.25. The summed E-state index contributed by atoms with van der Waals surface area (Å²) in [6, 6.07) is 5.58. The number of nitrogens with one attached hydrogen (secondary N) is 1. The number of carbonyl (C=O) groups excluding carboxylic acids is 2. The third kappa shape index (κ3) is 3.42. The first-order valence-corrected chi connectivity index (χ1v) is 7.42. The molecule has 1 fully saturated rings. The molecular formula is C13H13Br2NO2. The Morgan fingerprint density at radius 3 is 2.50 bits per heavy atom. The summed E-state index contributed by atoms with van der Waals surface area (Å²) in [5.74, 6) is 0.207. The summed E-state index contributed by atoms with van der Waals surface area (Å²) < 4.78 is 1.69. The number of Topliss-reactive ketones (excluding diaryl/α,β-unsaturated/α-hetero) is 1. The minimum Gasteiger partial charge on any atom is -0.349 e. The molecule has 96 valence electrons. The molecule has 3 nitrogen and oxygen atoms in total. The predicted octanol–water partition coefficient (Wildman–Crippen LogP) is 3.45. The molecule has 0 radical (unpaired) electrons. The van der Waals surface area contributed by atoms with Crippen molar-refractivity contribution in [1.29, 1.82) is 0 Å². The van der Waals surface area contributed by atoms with Gasteiger partial charge in [-0.05, 0) is 47.0 Å². The molecule has 5 heteroatoms. The Morgan fingerprint density at radius 2 is 1.89 bits per heavy atom. The smallest absolute Gasteiger partial charge is 0.252 e. The fraction of sp³-hybridized carbons (Fsp3) is 0.385. The van der Waals surface area contributed by atoms with Crippen LogP contribution in [-0.2, 0) is 4.79 Å². The summed E-state index contributed by atoms with van der Waals surface area (Å²) >= 11 is 6.73. The first kappa shape index (κ1) is 13.7. The van der Waals surface area contributed by atoms with Crippen LogP contribution in [0.25, 0.3) is 0 Å². The Bertz CT molecular complexity index is 478. The van der Waals surface area contributed by atoms with Gasteiger partial charge in [0, 0.05) is 27.8 Å². The largest absolute Gasteiger partial charge is 0.349 e. The highest BCUT2D eigenvalue weighted by atomic mass is 79.9. The van der Waals surface area contributed by atoms with E-state index in [0.29, 0.717) is 24.2 Å². The Hall–Kier alpha value is -0.680. The van der Waals surface area contributed by atoms with Gasteiger partial charge < -0.3 is 5.32 Å². The zero-order valence-corrected chi connectivity index (χ0v) is 12.9. The van der Waals surface area contributed by atoms with E-state index in [4.69, 9.17) is 0 Å². The highest BCUT2D eigenvalue weighted by Gasteiger charge is 2.21. The summed E-state index contributed by atoms with van der Waals surface area (Å²) in [6.45, 7) is 0. The minimum absolute atomic E-state index is 0.0891. The maximum absolute atomic E-state index is 12.1. The zero-order valence-electron chi connectivity index (χ0n) is 9.71. The molecule has 0 aliphatic heterocycles. The van der Waals surface area contributed by atoms with Gasteiger partial charge in [-0.15, -0.1) is 0 Å². The maximum atomic E-state index is 12.1. The fourth-order valence-electron chi connectivity index (χ4n) is 2.02. The van der Waals surface area contributed by atoms with Crippen molar-refractivity contribution in [3.63, 3.8) is 0 Å². The summed E-state index contributed by atoms with van der Waals surface area (Å²) in [7, 11) is 0. The minimum atomic E-state index is -0.0891. The summed E-state index contributed by atoms with van der Waals surface area (Å²) in [5, 5.41) is 2.98. The first-order chi connectivity index (χ1) is 8.56. The van der Waals surface area contributed by atoms with Crippen molar-refractivity contribution in [1.82, 2.24) is 5.32 Å². The van der Waals surface area contributed by atoms with Gasteiger partial charge in [-0.3, -0.25) is 9.59 Å². The van der Waals surface area contributed by atoms with E-state index in [1.807, 2.05) is 12.1 Å². The molecule has 0 unspecified atom stereocenters. The van der Waals surface area contributed by atoms with Gasteiger partial charge in [0.2, 0.25) is 0 Å². The van der Waals surface area contributed by atoms with Crippen molar-refractivity contribution < 1.29 is 9.59 Å². The summed E-state index contributed by atoms with van der Waals surface area (Å²) in [5.41, 5.74) is 0.620. The maximum Gasteiger partial charge on any atom is 0.252 e. The van der Waals surface area contributed by atoms with Gasteiger partial charge in [0.1, 0.15) is 5.78 Å². The number of carbonyl (C=O) groups is 2. The second-order valence-electron chi connectivity index (χ2n) is 4.41. The Morgan fingerprint density at radius 1 is 1.22 bits per heavy atom. The van der Waals surface area contributed by atoms with Gasteiger partial charge in [0.25, 0.3) is 5.91 Å². The molecule has 1 saturated carbocycles. The van der Waals surface area contributed by atoms with Crippen molar-refractivity contribution in [2.75, 3.05) is 0 Å². The molecule has 0 heterocycles. The lowest BCUT2D eigenvalue weighted by Crippen LogP contribution is -2.37. The van der Waals surface area contributed by atoms with Crippen molar-refractivity contribution in [2.45, 2.75) is 31.7 Å². The van der Waals surface area contributed by atoms with Gasteiger partial charge in [-0.25, -0.2) is 0 Å². The molecule has 18 heavy (non-hydrogen) atoms. The lowest BCUT2D eigenvalue weighted by Gasteiger charge is -2.22. The van der Waals surface area contributed by atoms with Crippen LogP contribution in [0.5, 0.6) is 0 Å². The quantitative estimate of drug-likeness (QED) is 0.861. The Labute approximate surface area is 123 Å². The third-order valence-corrected chi connectivity index (χ3v) is 4.20. The monoisotopic (exact) mass is 373 g/mol. The SMILES string of the molecule is O=C1CCC(NC(=O)c2ccc(Br)cc2Br)CC1. The third-order valence-electron chi connectivity index (χ3n) is 3.05. The van der Waals surface area contributed by atoms with Crippen LogP contribution in [0.2, 0.25) is 0 Å². The van der Waals surface area contributed by atoms with Gasteiger partial charge in [-0.2, -0.15) is 0 Å².